The van der Waals surface area contributed by atoms with Crippen LogP contribution in [0.4, 0.5) is 0 Å². The van der Waals surface area contributed by atoms with E-state index in [-0.39, 0.29) is 6.04 Å². The molecule has 1 unspecified atom stereocenters. The van der Waals surface area contributed by atoms with Gasteiger partial charge in [-0.2, -0.15) is 0 Å². The van der Waals surface area contributed by atoms with Crippen molar-refractivity contribution in [1.82, 2.24) is 0 Å². The summed E-state index contributed by atoms with van der Waals surface area (Å²) in [7, 11) is 1.62. The SMILES string of the molecule is C#CCCCOc1ccc(C(C)N)cc1OC. The van der Waals surface area contributed by atoms with E-state index in [1.165, 1.54) is 0 Å². The van der Waals surface area contributed by atoms with Crippen molar-refractivity contribution < 1.29 is 9.47 Å². The summed E-state index contributed by atoms with van der Waals surface area (Å²) in [6.07, 6.45) is 6.74. The molecule has 1 atom stereocenters. The van der Waals surface area contributed by atoms with Gasteiger partial charge < -0.3 is 15.2 Å². The van der Waals surface area contributed by atoms with Crippen molar-refractivity contribution in [2.75, 3.05) is 13.7 Å². The fourth-order valence-electron chi connectivity index (χ4n) is 1.44. The van der Waals surface area contributed by atoms with Gasteiger partial charge in [-0.25, -0.2) is 0 Å². The Morgan fingerprint density at radius 3 is 2.76 bits per heavy atom. The van der Waals surface area contributed by atoms with Gasteiger partial charge in [0.25, 0.3) is 0 Å². The van der Waals surface area contributed by atoms with Crippen molar-refractivity contribution in [1.29, 1.82) is 0 Å². The van der Waals surface area contributed by atoms with Gasteiger partial charge in [0, 0.05) is 12.5 Å². The molecular formula is C14H19NO2. The Morgan fingerprint density at radius 1 is 1.41 bits per heavy atom. The van der Waals surface area contributed by atoms with Gasteiger partial charge in [0.2, 0.25) is 0 Å². The van der Waals surface area contributed by atoms with E-state index in [9.17, 15) is 0 Å². The molecule has 1 aromatic carbocycles. The second-order valence-electron chi connectivity index (χ2n) is 3.86. The average Bonchev–Trinajstić information content (AvgIpc) is 2.34. The summed E-state index contributed by atoms with van der Waals surface area (Å²) in [5, 5.41) is 0. The number of methoxy groups -OCH3 is 1. The van der Waals surface area contributed by atoms with Crippen LogP contribution in [-0.4, -0.2) is 13.7 Å². The van der Waals surface area contributed by atoms with Gasteiger partial charge >= 0.3 is 0 Å². The molecular weight excluding hydrogens is 214 g/mol. The molecule has 0 aromatic heterocycles. The fraction of sp³-hybridized carbons (Fsp3) is 0.429. The molecule has 0 saturated heterocycles. The van der Waals surface area contributed by atoms with Crippen LogP contribution in [0.2, 0.25) is 0 Å². The zero-order chi connectivity index (χ0) is 12.7. The van der Waals surface area contributed by atoms with Gasteiger partial charge in [0.15, 0.2) is 11.5 Å². The second kappa shape index (κ2) is 6.82. The number of unbranched alkanes of at least 4 members (excludes halogenated alkanes) is 1. The largest absolute Gasteiger partial charge is 0.493 e. The molecule has 0 bridgehead atoms. The van der Waals surface area contributed by atoms with E-state index in [0.29, 0.717) is 12.4 Å². The smallest absolute Gasteiger partial charge is 0.161 e. The van der Waals surface area contributed by atoms with Gasteiger partial charge in [0.05, 0.1) is 13.7 Å². The molecule has 0 amide bonds. The highest BCUT2D eigenvalue weighted by atomic mass is 16.5. The number of ether oxygens (including phenoxy) is 2. The van der Waals surface area contributed by atoms with Crippen LogP contribution in [0.25, 0.3) is 0 Å². The molecule has 0 aliphatic carbocycles. The summed E-state index contributed by atoms with van der Waals surface area (Å²) in [5.74, 6) is 4.02. The number of terminal acetylenes is 1. The minimum absolute atomic E-state index is 0.0145. The maximum atomic E-state index is 5.81. The third kappa shape index (κ3) is 4.01. The number of hydrogen-bond acceptors (Lipinski definition) is 3. The van der Waals surface area contributed by atoms with Crippen LogP contribution in [-0.2, 0) is 0 Å². The van der Waals surface area contributed by atoms with Gasteiger partial charge in [-0.1, -0.05) is 6.07 Å². The monoisotopic (exact) mass is 233 g/mol. The van der Waals surface area contributed by atoms with Gasteiger partial charge in [0.1, 0.15) is 0 Å². The predicted molar refractivity (Wildman–Crippen MR) is 69.2 cm³/mol. The molecule has 0 aliphatic rings. The minimum Gasteiger partial charge on any atom is -0.493 e. The predicted octanol–water partition coefficient (Wildman–Crippen LogP) is 2.51. The summed E-state index contributed by atoms with van der Waals surface area (Å²) < 4.78 is 10.9. The van der Waals surface area contributed by atoms with Crippen LogP contribution in [0.15, 0.2) is 18.2 Å². The molecule has 0 saturated carbocycles. The molecule has 1 aromatic rings. The van der Waals surface area contributed by atoms with E-state index >= 15 is 0 Å². The third-order valence-electron chi connectivity index (χ3n) is 2.44. The van der Waals surface area contributed by atoms with Crippen molar-refractivity contribution in [3.63, 3.8) is 0 Å². The highest BCUT2D eigenvalue weighted by molar-refractivity contribution is 5.43. The molecule has 0 heterocycles. The molecule has 0 spiro atoms. The van der Waals surface area contributed by atoms with E-state index in [0.717, 1.165) is 24.2 Å². The lowest BCUT2D eigenvalue weighted by atomic mass is 10.1. The fourth-order valence-corrected chi connectivity index (χ4v) is 1.44. The van der Waals surface area contributed by atoms with Crippen LogP contribution in [0.5, 0.6) is 11.5 Å². The number of benzene rings is 1. The summed E-state index contributed by atoms with van der Waals surface area (Å²) in [6, 6.07) is 5.72. The molecule has 1 rings (SSSR count). The number of hydrogen-bond donors (Lipinski definition) is 1. The minimum atomic E-state index is -0.0145. The van der Waals surface area contributed by atoms with E-state index < -0.39 is 0 Å². The van der Waals surface area contributed by atoms with Crippen LogP contribution in [0.3, 0.4) is 0 Å². The molecule has 3 nitrogen and oxygen atoms in total. The first-order chi connectivity index (χ1) is 8.19. The summed E-state index contributed by atoms with van der Waals surface area (Å²) in [4.78, 5) is 0. The molecule has 3 heteroatoms. The third-order valence-corrected chi connectivity index (χ3v) is 2.44. The molecule has 2 N–H and O–H groups in total. The lowest BCUT2D eigenvalue weighted by Crippen LogP contribution is -2.06. The van der Waals surface area contributed by atoms with Crippen molar-refractivity contribution in [2.24, 2.45) is 5.73 Å². The standard InChI is InChI=1S/C14H19NO2/c1-4-5-6-9-17-13-8-7-12(11(2)15)10-14(13)16-3/h1,7-8,10-11H,5-6,9,15H2,2-3H3. The first-order valence-corrected chi connectivity index (χ1v) is 5.68. The van der Waals surface area contributed by atoms with Crippen LogP contribution in [0.1, 0.15) is 31.4 Å². The van der Waals surface area contributed by atoms with Crippen molar-refractivity contribution >= 4 is 0 Å². The number of nitrogens with two attached hydrogens (primary N) is 1. The molecule has 0 radical (unpaired) electrons. The lowest BCUT2D eigenvalue weighted by Gasteiger charge is -2.13. The zero-order valence-corrected chi connectivity index (χ0v) is 10.4. The normalized spacial score (nSPS) is 11.6. The Balaban J connectivity index is 2.69. The van der Waals surface area contributed by atoms with Crippen LogP contribution >= 0.6 is 0 Å². The van der Waals surface area contributed by atoms with E-state index in [2.05, 4.69) is 5.92 Å². The Hall–Kier alpha value is -1.66. The second-order valence-corrected chi connectivity index (χ2v) is 3.86. The van der Waals surface area contributed by atoms with E-state index in [4.69, 9.17) is 21.6 Å². The maximum Gasteiger partial charge on any atom is 0.161 e. The Labute approximate surface area is 103 Å². The van der Waals surface area contributed by atoms with Crippen molar-refractivity contribution in [2.45, 2.75) is 25.8 Å². The molecule has 17 heavy (non-hydrogen) atoms. The van der Waals surface area contributed by atoms with Crippen molar-refractivity contribution in [3.05, 3.63) is 23.8 Å². The quantitative estimate of drug-likeness (QED) is 0.606. The Kier molecular flexibility index (Phi) is 5.38. The van der Waals surface area contributed by atoms with Crippen LogP contribution < -0.4 is 15.2 Å². The van der Waals surface area contributed by atoms with Gasteiger partial charge in [-0.05, 0) is 31.0 Å². The van der Waals surface area contributed by atoms with E-state index in [1.54, 1.807) is 7.11 Å². The zero-order valence-electron chi connectivity index (χ0n) is 10.4. The highest BCUT2D eigenvalue weighted by Gasteiger charge is 2.07. The highest BCUT2D eigenvalue weighted by Crippen LogP contribution is 2.29. The van der Waals surface area contributed by atoms with Gasteiger partial charge in [-0.3, -0.25) is 0 Å². The first-order valence-electron chi connectivity index (χ1n) is 5.68. The average molecular weight is 233 g/mol. The molecule has 92 valence electrons. The number of rotatable bonds is 6. The summed E-state index contributed by atoms with van der Waals surface area (Å²) in [6.45, 7) is 2.53. The van der Waals surface area contributed by atoms with Crippen molar-refractivity contribution in [3.8, 4) is 23.8 Å². The summed E-state index contributed by atoms with van der Waals surface area (Å²) in [5.41, 5.74) is 6.83. The first kappa shape index (κ1) is 13.4. The van der Waals surface area contributed by atoms with Crippen LogP contribution in [0, 0.1) is 12.3 Å². The maximum absolute atomic E-state index is 5.81. The van der Waals surface area contributed by atoms with E-state index in [1.807, 2.05) is 25.1 Å². The molecule has 0 fully saturated rings. The Morgan fingerprint density at radius 2 is 2.18 bits per heavy atom. The van der Waals surface area contributed by atoms with Gasteiger partial charge in [-0.15, -0.1) is 12.3 Å². The Bertz CT molecular complexity index is 394. The summed E-state index contributed by atoms with van der Waals surface area (Å²) >= 11 is 0. The lowest BCUT2D eigenvalue weighted by molar-refractivity contribution is 0.290. The topological polar surface area (TPSA) is 44.5 Å². The molecule has 0 aliphatic heterocycles.